The van der Waals surface area contributed by atoms with Crippen molar-refractivity contribution in [1.82, 2.24) is 5.32 Å². The largest absolute Gasteiger partial charge is 0.361 e. The van der Waals surface area contributed by atoms with E-state index in [1.807, 2.05) is 0 Å². The Bertz CT molecular complexity index is 120. The summed E-state index contributed by atoms with van der Waals surface area (Å²) in [5.41, 5.74) is 4.81. The zero-order chi connectivity index (χ0) is 7.28. The monoisotopic (exact) mass is 130 g/mol. The fourth-order valence-corrected chi connectivity index (χ4v) is 0.345. The van der Waals surface area contributed by atoms with Gasteiger partial charge in [-0.15, -0.1) is 0 Å². The number of amides is 1. The van der Waals surface area contributed by atoms with Gasteiger partial charge in [0.25, 0.3) is 0 Å². The molecule has 0 aliphatic carbocycles. The van der Waals surface area contributed by atoms with Crippen LogP contribution in [0.15, 0.2) is 12.2 Å². The zero-order valence-electron chi connectivity index (χ0n) is 5.16. The average Bonchev–Trinajstić information content (AvgIpc) is 1.63. The number of allylic oxidation sites excluding steroid dienone is 1. The average molecular weight is 130 g/mol. The Hall–Kier alpha value is -0.870. The summed E-state index contributed by atoms with van der Waals surface area (Å²) in [6.07, 6.45) is 1.56. The second-order valence-electron chi connectivity index (χ2n) is 1.45. The van der Waals surface area contributed by atoms with Crippen LogP contribution >= 0.6 is 0 Å². The van der Waals surface area contributed by atoms with Gasteiger partial charge in [-0.2, -0.15) is 0 Å². The lowest BCUT2D eigenvalue weighted by atomic mass is 10.5. The van der Waals surface area contributed by atoms with E-state index in [2.05, 4.69) is 5.32 Å². The number of aliphatic hydroxyl groups excluding tert-OH is 1. The third-order valence-electron chi connectivity index (χ3n) is 0.608. The molecule has 9 heavy (non-hydrogen) atoms. The molecule has 0 bridgehead atoms. The van der Waals surface area contributed by atoms with E-state index in [1.54, 1.807) is 13.0 Å². The van der Waals surface area contributed by atoms with Crippen molar-refractivity contribution in [1.29, 1.82) is 0 Å². The molecule has 0 heterocycles. The topological polar surface area (TPSA) is 75.4 Å². The predicted molar refractivity (Wildman–Crippen MR) is 33.2 cm³/mol. The predicted octanol–water partition coefficient (Wildman–Crippen LogP) is -1.09. The molecule has 0 radical (unpaired) electrons. The van der Waals surface area contributed by atoms with Gasteiger partial charge in [0.15, 0.2) is 6.35 Å². The highest BCUT2D eigenvalue weighted by atomic mass is 16.3. The van der Waals surface area contributed by atoms with Crippen molar-refractivity contribution in [3.63, 3.8) is 0 Å². The molecule has 1 amide bonds. The van der Waals surface area contributed by atoms with Gasteiger partial charge < -0.3 is 10.4 Å². The fraction of sp³-hybridized carbons (Fsp3) is 0.400. The molecule has 0 fully saturated rings. The Labute approximate surface area is 53.4 Å². The van der Waals surface area contributed by atoms with Crippen molar-refractivity contribution >= 4 is 5.91 Å². The summed E-state index contributed by atoms with van der Waals surface area (Å²) < 4.78 is 0. The standard InChI is InChI=1S/C5H10N2O2/c1-2-3-4(8)7-5(6)9/h2-3,5,9H,6H2,1H3,(H,7,8)/b3-2-. The third kappa shape index (κ3) is 4.99. The maximum absolute atomic E-state index is 10.4. The highest BCUT2D eigenvalue weighted by molar-refractivity contribution is 5.87. The molecule has 0 aliphatic heterocycles. The summed E-state index contributed by atoms with van der Waals surface area (Å²) in [5.74, 6) is -0.396. The number of hydrogen-bond donors (Lipinski definition) is 3. The van der Waals surface area contributed by atoms with Crippen molar-refractivity contribution in [3.8, 4) is 0 Å². The first-order valence-corrected chi connectivity index (χ1v) is 2.53. The lowest BCUT2D eigenvalue weighted by Crippen LogP contribution is -2.40. The third-order valence-corrected chi connectivity index (χ3v) is 0.608. The van der Waals surface area contributed by atoms with E-state index in [0.29, 0.717) is 0 Å². The van der Waals surface area contributed by atoms with Gasteiger partial charge in [0.1, 0.15) is 0 Å². The van der Waals surface area contributed by atoms with Crippen LogP contribution < -0.4 is 11.1 Å². The molecule has 0 spiro atoms. The Morgan fingerprint density at radius 2 is 2.44 bits per heavy atom. The SMILES string of the molecule is C/C=C\C(=O)NC(N)O. The first-order chi connectivity index (χ1) is 4.16. The van der Waals surface area contributed by atoms with Crippen molar-refractivity contribution in [2.75, 3.05) is 0 Å². The van der Waals surface area contributed by atoms with Gasteiger partial charge in [-0.25, -0.2) is 0 Å². The molecule has 52 valence electrons. The van der Waals surface area contributed by atoms with Crippen LogP contribution in [0, 0.1) is 0 Å². The molecule has 4 nitrogen and oxygen atoms in total. The minimum Gasteiger partial charge on any atom is -0.361 e. The van der Waals surface area contributed by atoms with E-state index < -0.39 is 12.3 Å². The van der Waals surface area contributed by atoms with E-state index in [9.17, 15) is 4.79 Å². The quantitative estimate of drug-likeness (QED) is 0.328. The first kappa shape index (κ1) is 8.13. The van der Waals surface area contributed by atoms with Gasteiger partial charge in [-0.1, -0.05) is 6.08 Å². The minimum absolute atomic E-state index is 0.396. The first-order valence-electron chi connectivity index (χ1n) is 2.53. The van der Waals surface area contributed by atoms with Crippen LogP contribution in [-0.2, 0) is 4.79 Å². The van der Waals surface area contributed by atoms with Crippen LogP contribution in [0.3, 0.4) is 0 Å². The molecular formula is C5H10N2O2. The van der Waals surface area contributed by atoms with E-state index in [0.717, 1.165) is 0 Å². The van der Waals surface area contributed by atoms with Crippen LogP contribution in [0.4, 0.5) is 0 Å². The Balaban J connectivity index is 3.51. The van der Waals surface area contributed by atoms with Crippen molar-refractivity contribution in [3.05, 3.63) is 12.2 Å². The Morgan fingerprint density at radius 1 is 1.89 bits per heavy atom. The molecule has 4 heteroatoms. The van der Waals surface area contributed by atoms with Crippen LogP contribution in [0.1, 0.15) is 6.92 Å². The maximum Gasteiger partial charge on any atom is 0.246 e. The summed E-state index contributed by atoms with van der Waals surface area (Å²) >= 11 is 0. The highest BCUT2D eigenvalue weighted by Gasteiger charge is 1.96. The molecule has 0 aromatic carbocycles. The summed E-state index contributed by atoms with van der Waals surface area (Å²) in [7, 11) is 0. The molecule has 4 N–H and O–H groups in total. The number of nitrogens with one attached hydrogen (secondary N) is 1. The minimum atomic E-state index is -1.27. The van der Waals surface area contributed by atoms with Gasteiger partial charge in [-0.05, 0) is 13.0 Å². The second kappa shape index (κ2) is 4.05. The summed E-state index contributed by atoms with van der Waals surface area (Å²) in [6, 6.07) is 0. The molecule has 1 atom stereocenters. The van der Waals surface area contributed by atoms with E-state index >= 15 is 0 Å². The van der Waals surface area contributed by atoms with Crippen LogP contribution in [0.25, 0.3) is 0 Å². The second-order valence-corrected chi connectivity index (χ2v) is 1.45. The zero-order valence-corrected chi connectivity index (χ0v) is 5.16. The van der Waals surface area contributed by atoms with Gasteiger partial charge in [0.2, 0.25) is 5.91 Å². The van der Waals surface area contributed by atoms with Gasteiger partial charge >= 0.3 is 0 Å². The van der Waals surface area contributed by atoms with E-state index in [4.69, 9.17) is 10.8 Å². The Kier molecular flexibility index (Phi) is 3.66. The van der Waals surface area contributed by atoms with Crippen LogP contribution in [0.5, 0.6) is 0 Å². The van der Waals surface area contributed by atoms with Crippen molar-refractivity contribution < 1.29 is 9.90 Å². The van der Waals surface area contributed by atoms with Crippen molar-refractivity contribution in [2.24, 2.45) is 5.73 Å². The normalized spacial score (nSPS) is 13.7. The van der Waals surface area contributed by atoms with Crippen molar-refractivity contribution in [2.45, 2.75) is 13.3 Å². The summed E-state index contributed by atoms with van der Waals surface area (Å²) in [6.45, 7) is 1.70. The smallest absolute Gasteiger partial charge is 0.246 e. The molecular weight excluding hydrogens is 120 g/mol. The molecule has 0 aromatic heterocycles. The van der Waals surface area contributed by atoms with Crippen LogP contribution in [-0.4, -0.2) is 17.4 Å². The fourth-order valence-electron chi connectivity index (χ4n) is 0.345. The maximum atomic E-state index is 10.4. The lowest BCUT2D eigenvalue weighted by Gasteiger charge is -2.02. The lowest BCUT2D eigenvalue weighted by molar-refractivity contribution is -0.119. The van der Waals surface area contributed by atoms with E-state index in [1.165, 1.54) is 6.08 Å². The van der Waals surface area contributed by atoms with E-state index in [-0.39, 0.29) is 0 Å². The molecule has 0 saturated heterocycles. The number of hydrogen-bond acceptors (Lipinski definition) is 3. The molecule has 0 rings (SSSR count). The van der Waals surface area contributed by atoms with Crippen LogP contribution in [0.2, 0.25) is 0 Å². The summed E-state index contributed by atoms with van der Waals surface area (Å²) in [4.78, 5) is 10.4. The molecule has 0 aromatic rings. The number of nitrogens with two attached hydrogens (primary N) is 1. The number of rotatable bonds is 2. The van der Waals surface area contributed by atoms with Gasteiger partial charge in [0.05, 0.1) is 0 Å². The highest BCUT2D eigenvalue weighted by Crippen LogP contribution is 1.70. The molecule has 1 unspecified atom stereocenters. The summed E-state index contributed by atoms with van der Waals surface area (Å²) in [5, 5.41) is 10.4. The Morgan fingerprint density at radius 3 is 2.78 bits per heavy atom. The van der Waals surface area contributed by atoms with Gasteiger partial charge in [0, 0.05) is 0 Å². The number of carbonyl (C=O) groups is 1. The molecule has 0 saturated carbocycles. The number of aliphatic hydroxyl groups is 1. The number of carbonyl (C=O) groups excluding carboxylic acids is 1. The molecule has 0 aliphatic rings. The van der Waals surface area contributed by atoms with Gasteiger partial charge in [-0.3, -0.25) is 10.5 Å².